The number of fused-ring (bicyclic) bond motifs is 1. The molecule has 0 bridgehead atoms. The summed E-state index contributed by atoms with van der Waals surface area (Å²) in [6, 6.07) is 9.97. The largest absolute Gasteiger partial charge is 0.494 e. The fourth-order valence-corrected chi connectivity index (χ4v) is 4.42. The summed E-state index contributed by atoms with van der Waals surface area (Å²) in [6.45, 7) is 10.2. The maximum Gasteiger partial charge on any atom is 0.204 e. The first-order valence-electron chi connectivity index (χ1n) is 10.8. The number of likely N-dealkylation sites (tertiary alicyclic amines) is 1. The molecule has 0 amide bonds. The van der Waals surface area contributed by atoms with Gasteiger partial charge in [0.2, 0.25) is 5.88 Å². The SMILES string of the molecule is COc1ccc(-n2cc3cc(C)cc(C)c3c2O)cc1OCCN1CCC(C)CC1. The van der Waals surface area contributed by atoms with Crippen LogP contribution >= 0.6 is 0 Å². The summed E-state index contributed by atoms with van der Waals surface area (Å²) in [5.41, 5.74) is 3.11. The van der Waals surface area contributed by atoms with Crippen molar-refractivity contribution in [3.63, 3.8) is 0 Å². The number of piperidine rings is 1. The van der Waals surface area contributed by atoms with Crippen LogP contribution in [0.4, 0.5) is 0 Å². The molecular weight excluding hydrogens is 376 g/mol. The van der Waals surface area contributed by atoms with Gasteiger partial charge in [-0.2, -0.15) is 0 Å². The lowest BCUT2D eigenvalue weighted by atomic mass is 9.99. The Labute approximate surface area is 178 Å². The number of aromatic nitrogens is 1. The van der Waals surface area contributed by atoms with E-state index in [1.807, 2.05) is 35.9 Å². The van der Waals surface area contributed by atoms with Crippen molar-refractivity contribution in [3.05, 3.63) is 47.7 Å². The fourth-order valence-electron chi connectivity index (χ4n) is 4.42. The Morgan fingerprint density at radius 3 is 2.57 bits per heavy atom. The van der Waals surface area contributed by atoms with Gasteiger partial charge >= 0.3 is 0 Å². The molecular formula is C25H32N2O3. The van der Waals surface area contributed by atoms with Crippen molar-refractivity contribution in [2.75, 3.05) is 33.4 Å². The standard InChI is InChI=1S/C25H32N2O3/c1-17-7-9-26(10-8-17)11-12-30-23-15-21(5-6-22(23)29-4)27-16-20-14-18(2)13-19(3)24(20)25(27)28/h5-6,13-17,28H,7-12H2,1-4H3. The molecule has 1 N–H and O–H groups in total. The van der Waals surface area contributed by atoms with Gasteiger partial charge in [0.1, 0.15) is 6.61 Å². The van der Waals surface area contributed by atoms with Gasteiger partial charge in [-0.1, -0.05) is 18.6 Å². The van der Waals surface area contributed by atoms with Crippen molar-refractivity contribution >= 4 is 10.8 Å². The highest BCUT2D eigenvalue weighted by atomic mass is 16.5. The Morgan fingerprint density at radius 1 is 1.07 bits per heavy atom. The number of aromatic hydroxyl groups is 1. The number of aryl methyl sites for hydroxylation is 2. The van der Waals surface area contributed by atoms with Gasteiger partial charge in [0, 0.05) is 29.6 Å². The van der Waals surface area contributed by atoms with Gasteiger partial charge in [-0.3, -0.25) is 9.47 Å². The van der Waals surface area contributed by atoms with Crippen molar-refractivity contribution in [2.24, 2.45) is 5.92 Å². The Kier molecular flexibility index (Phi) is 5.91. The zero-order valence-electron chi connectivity index (χ0n) is 18.4. The average molecular weight is 409 g/mol. The number of rotatable bonds is 6. The molecule has 0 aliphatic carbocycles. The molecule has 0 spiro atoms. The molecule has 0 saturated carbocycles. The normalized spacial score (nSPS) is 15.6. The van der Waals surface area contributed by atoms with Gasteiger partial charge in [-0.15, -0.1) is 0 Å². The molecule has 1 aliphatic rings. The second-order valence-corrected chi connectivity index (χ2v) is 8.58. The summed E-state index contributed by atoms with van der Waals surface area (Å²) in [4.78, 5) is 2.46. The van der Waals surface area contributed by atoms with Crippen LogP contribution in [0.25, 0.3) is 16.5 Å². The Bertz CT molecular complexity index is 1030. The molecule has 2 aromatic carbocycles. The van der Waals surface area contributed by atoms with Crippen molar-refractivity contribution < 1.29 is 14.6 Å². The number of ether oxygens (including phenoxy) is 2. The molecule has 0 radical (unpaired) electrons. The van der Waals surface area contributed by atoms with Crippen LogP contribution in [0.2, 0.25) is 0 Å². The monoisotopic (exact) mass is 408 g/mol. The van der Waals surface area contributed by atoms with E-state index in [0.29, 0.717) is 18.1 Å². The van der Waals surface area contributed by atoms with E-state index in [4.69, 9.17) is 9.47 Å². The lowest BCUT2D eigenvalue weighted by molar-refractivity contribution is 0.158. The summed E-state index contributed by atoms with van der Waals surface area (Å²) >= 11 is 0. The minimum absolute atomic E-state index is 0.251. The molecule has 1 aliphatic heterocycles. The molecule has 5 heteroatoms. The number of benzene rings is 2. The molecule has 1 saturated heterocycles. The van der Waals surface area contributed by atoms with Gasteiger partial charge in [-0.25, -0.2) is 0 Å². The zero-order valence-corrected chi connectivity index (χ0v) is 18.4. The smallest absolute Gasteiger partial charge is 0.204 e. The van der Waals surface area contributed by atoms with Crippen molar-refractivity contribution in [3.8, 4) is 23.1 Å². The molecule has 1 aromatic heterocycles. The predicted molar refractivity (Wildman–Crippen MR) is 121 cm³/mol. The van der Waals surface area contributed by atoms with E-state index in [1.54, 1.807) is 7.11 Å². The summed E-state index contributed by atoms with van der Waals surface area (Å²) in [5, 5.41) is 12.8. The zero-order chi connectivity index (χ0) is 21.3. The van der Waals surface area contributed by atoms with Crippen LogP contribution in [-0.4, -0.2) is 47.9 Å². The second-order valence-electron chi connectivity index (χ2n) is 8.58. The van der Waals surface area contributed by atoms with E-state index in [0.717, 1.165) is 47.6 Å². The van der Waals surface area contributed by atoms with E-state index in [2.05, 4.69) is 30.9 Å². The molecule has 30 heavy (non-hydrogen) atoms. The van der Waals surface area contributed by atoms with Crippen LogP contribution in [0.5, 0.6) is 17.4 Å². The third-order valence-corrected chi connectivity index (χ3v) is 6.20. The van der Waals surface area contributed by atoms with Crippen molar-refractivity contribution in [1.82, 2.24) is 9.47 Å². The Hall–Kier alpha value is -2.66. The van der Waals surface area contributed by atoms with E-state index in [-0.39, 0.29) is 5.88 Å². The quantitative estimate of drug-likeness (QED) is 0.618. The molecule has 0 atom stereocenters. The molecule has 5 nitrogen and oxygen atoms in total. The van der Waals surface area contributed by atoms with Gasteiger partial charge in [0.05, 0.1) is 12.8 Å². The highest BCUT2D eigenvalue weighted by Crippen LogP contribution is 2.36. The van der Waals surface area contributed by atoms with Crippen LogP contribution in [0.1, 0.15) is 30.9 Å². The third-order valence-electron chi connectivity index (χ3n) is 6.20. The van der Waals surface area contributed by atoms with E-state index >= 15 is 0 Å². The lowest BCUT2D eigenvalue weighted by Crippen LogP contribution is -2.35. The van der Waals surface area contributed by atoms with Crippen molar-refractivity contribution in [2.45, 2.75) is 33.6 Å². The minimum atomic E-state index is 0.251. The summed E-state index contributed by atoms with van der Waals surface area (Å²) in [6.07, 6.45) is 4.50. The number of hydrogen-bond acceptors (Lipinski definition) is 4. The minimum Gasteiger partial charge on any atom is -0.494 e. The summed E-state index contributed by atoms with van der Waals surface area (Å²) in [7, 11) is 1.65. The van der Waals surface area contributed by atoms with E-state index in [1.165, 1.54) is 18.4 Å². The summed E-state index contributed by atoms with van der Waals surface area (Å²) in [5.74, 6) is 2.48. The maximum atomic E-state index is 10.9. The summed E-state index contributed by atoms with van der Waals surface area (Å²) < 4.78 is 13.4. The average Bonchev–Trinajstić information content (AvgIpc) is 3.05. The van der Waals surface area contributed by atoms with Gasteiger partial charge in [0.25, 0.3) is 0 Å². The Balaban J connectivity index is 1.56. The molecule has 2 heterocycles. The number of nitrogens with zero attached hydrogens (tertiary/aromatic N) is 2. The third kappa shape index (κ3) is 4.12. The van der Waals surface area contributed by atoms with Gasteiger partial charge in [-0.05, 0) is 69.5 Å². The molecule has 4 rings (SSSR count). The van der Waals surface area contributed by atoms with E-state index in [9.17, 15) is 5.11 Å². The van der Waals surface area contributed by atoms with Gasteiger partial charge < -0.3 is 14.6 Å². The molecule has 160 valence electrons. The van der Waals surface area contributed by atoms with E-state index < -0.39 is 0 Å². The van der Waals surface area contributed by atoms with Crippen LogP contribution in [0.15, 0.2) is 36.5 Å². The van der Waals surface area contributed by atoms with Crippen LogP contribution in [-0.2, 0) is 0 Å². The second kappa shape index (κ2) is 8.60. The van der Waals surface area contributed by atoms with Crippen molar-refractivity contribution in [1.29, 1.82) is 0 Å². The van der Waals surface area contributed by atoms with Crippen LogP contribution < -0.4 is 9.47 Å². The highest BCUT2D eigenvalue weighted by molar-refractivity contribution is 5.92. The first-order chi connectivity index (χ1) is 14.5. The number of methoxy groups -OCH3 is 1. The topological polar surface area (TPSA) is 46.9 Å². The highest BCUT2D eigenvalue weighted by Gasteiger charge is 2.17. The molecule has 0 unspecified atom stereocenters. The first kappa shape index (κ1) is 20.6. The van der Waals surface area contributed by atoms with Gasteiger partial charge in [0.15, 0.2) is 11.5 Å². The maximum absolute atomic E-state index is 10.9. The predicted octanol–water partition coefficient (Wildman–Crippen LogP) is 5.07. The fraction of sp³-hybridized carbons (Fsp3) is 0.440. The lowest BCUT2D eigenvalue weighted by Gasteiger charge is -2.30. The first-order valence-corrected chi connectivity index (χ1v) is 10.8. The molecule has 3 aromatic rings. The molecule has 1 fully saturated rings. The van der Waals surface area contributed by atoms with Crippen LogP contribution in [0.3, 0.4) is 0 Å². The number of hydrogen-bond donors (Lipinski definition) is 1. The van der Waals surface area contributed by atoms with Crippen LogP contribution in [0, 0.1) is 19.8 Å². The Morgan fingerprint density at radius 2 is 1.83 bits per heavy atom.